The van der Waals surface area contributed by atoms with Crippen molar-refractivity contribution >= 4 is 32.3 Å². The molecule has 0 aliphatic heterocycles. The van der Waals surface area contributed by atoms with E-state index in [1.54, 1.807) is 12.3 Å². The molecule has 23 heavy (non-hydrogen) atoms. The number of hydrogen-bond acceptors (Lipinski definition) is 2. The molecule has 0 aliphatic carbocycles. The number of halogens is 1. The van der Waals surface area contributed by atoms with Crippen molar-refractivity contribution < 1.29 is 8.42 Å². The molecule has 3 aromatic rings. The van der Waals surface area contributed by atoms with Gasteiger partial charge in [-0.15, -0.1) is 0 Å². The van der Waals surface area contributed by atoms with Crippen molar-refractivity contribution in [2.24, 2.45) is 0 Å². The third-order valence-electron chi connectivity index (χ3n) is 3.97. The van der Waals surface area contributed by atoms with Crippen molar-refractivity contribution in [2.75, 3.05) is 6.26 Å². The number of fused-ring (bicyclic) bond motifs is 1. The van der Waals surface area contributed by atoms with Gasteiger partial charge in [0.25, 0.3) is 0 Å². The van der Waals surface area contributed by atoms with E-state index in [0.29, 0.717) is 16.8 Å². The molecule has 2 aromatic carbocycles. The number of benzene rings is 2. The summed E-state index contributed by atoms with van der Waals surface area (Å²) in [5, 5.41) is 1.02. The normalized spacial score (nSPS) is 13.3. The number of aromatic nitrogens is 1. The Labute approximate surface area is 141 Å². The molecular weight excluding hydrogens is 330 g/mol. The molecule has 119 valence electrons. The average molecular weight is 347 g/mol. The van der Waals surface area contributed by atoms with Crippen LogP contribution in [0, 0.1) is 6.92 Å². The summed E-state index contributed by atoms with van der Waals surface area (Å²) < 4.78 is 26.3. The van der Waals surface area contributed by atoms with Gasteiger partial charge in [-0.3, -0.25) is 0 Å². The zero-order valence-electron chi connectivity index (χ0n) is 12.7. The van der Waals surface area contributed by atoms with Gasteiger partial charge >= 0.3 is 0 Å². The quantitative estimate of drug-likeness (QED) is 0.697. The molecule has 0 saturated carbocycles. The lowest BCUT2D eigenvalue weighted by Gasteiger charge is -2.19. The first-order chi connectivity index (χ1) is 10.9. The molecule has 0 saturated heterocycles. The summed E-state index contributed by atoms with van der Waals surface area (Å²) in [5.74, 6) is 0. The summed E-state index contributed by atoms with van der Waals surface area (Å²) >= 11 is 6.28. The van der Waals surface area contributed by atoms with Gasteiger partial charge in [-0.2, -0.15) is 0 Å². The molecule has 1 aromatic heterocycles. The Hall–Kier alpha value is -1.78. The number of nitrogens with zero attached hydrogens (tertiary/aromatic N) is 1. The van der Waals surface area contributed by atoms with Crippen LogP contribution in [0.1, 0.15) is 18.0 Å². The Morgan fingerprint density at radius 3 is 2.43 bits per heavy atom. The van der Waals surface area contributed by atoms with E-state index in [4.69, 9.17) is 11.6 Å². The Morgan fingerprint density at radius 1 is 1.13 bits per heavy atom. The maximum Gasteiger partial charge on any atom is 0.177 e. The minimum Gasteiger partial charge on any atom is -0.339 e. The fourth-order valence-electron chi connectivity index (χ4n) is 2.91. The minimum absolute atomic E-state index is 0.0485. The molecule has 0 N–H and O–H groups in total. The van der Waals surface area contributed by atoms with Crippen molar-refractivity contribution in [1.29, 1.82) is 0 Å². The SMILES string of the molecule is [CH2]CC(c1ccccc1)n1cc(S(C)(=O)=O)c2c(Cl)cccc21. The van der Waals surface area contributed by atoms with Crippen LogP contribution in [0.3, 0.4) is 0 Å². The molecule has 1 atom stereocenters. The first-order valence-corrected chi connectivity index (χ1v) is 9.53. The van der Waals surface area contributed by atoms with Crippen molar-refractivity contribution in [1.82, 2.24) is 4.57 Å². The first kappa shape index (κ1) is 16.1. The van der Waals surface area contributed by atoms with E-state index in [-0.39, 0.29) is 10.9 Å². The van der Waals surface area contributed by atoms with Crippen LogP contribution < -0.4 is 0 Å². The molecule has 1 heterocycles. The van der Waals surface area contributed by atoms with Crippen LogP contribution in [-0.2, 0) is 9.84 Å². The Balaban J connectivity index is 2.32. The van der Waals surface area contributed by atoms with Gasteiger partial charge in [0, 0.05) is 17.8 Å². The van der Waals surface area contributed by atoms with Crippen LogP contribution in [0.15, 0.2) is 59.6 Å². The van der Waals surface area contributed by atoms with Gasteiger partial charge in [0.1, 0.15) is 0 Å². The van der Waals surface area contributed by atoms with Crippen LogP contribution in [0.4, 0.5) is 0 Å². The molecule has 0 aliphatic rings. The van der Waals surface area contributed by atoms with Crippen LogP contribution >= 0.6 is 11.6 Å². The van der Waals surface area contributed by atoms with Gasteiger partial charge in [-0.05, 0) is 24.1 Å². The zero-order chi connectivity index (χ0) is 16.6. The summed E-state index contributed by atoms with van der Waals surface area (Å²) in [5.41, 5.74) is 1.88. The zero-order valence-corrected chi connectivity index (χ0v) is 14.3. The Bertz CT molecular complexity index is 946. The smallest absolute Gasteiger partial charge is 0.177 e. The van der Waals surface area contributed by atoms with Crippen molar-refractivity contribution in [2.45, 2.75) is 17.4 Å². The highest BCUT2D eigenvalue weighted by Gasteiger charge is 2.22. The molecule has 0 fully saturated rings. The van der Waals surface area contributed by atoms with E-state index in [9.17, 15) is 8.42 Å². The summed E-state index contributed by atoms with van der Waals surface area (Å²) in [6.07, 6.45) is 3.48. The van der Waals surface area contributed by atoms with Crippen LogP contribution in [0.2, 0.25) is 5.02 Å². The molecule has 1 unspecified atom stereocenters. The predicted octanol–water partition coefficient (Wildman–Crippen LogP) is 4.51. The lowest BCUT2D eigenvalue weighted by atomic mass is 10.0. The number of rotatable bonds is 4. The monoisotopic (exact) mass is 346 g/mol. The second kappa shape index (κ2) is 6.02. The molecule has 0 bridgehead atoms. The van der Waals surface area contributed by atoms with Gasteiger partial charge in [-0.25, -0.2) is 8.42 Å². The number of hydrogen-bond donors (Lipinski definition) is 0. The highest BCUT2D eigenvalue weighted by atomic mass is 35.5. The summed E-state index contributed by atoms with van der Waals surface area (Å²) in [6, 6.07) is 15.3. The fourth-order valence-corrected chi connectivity index (χ4v) is 4.13. The van der Waals surface area contributed by atoms with E-state index in [1.165, 1.54) is 6.26 Å². The van der Waals surface area contributed by atoms with Gasteiger partial charge in [0.15, 0.2) is 9.84 Å². The third kappa shape index (κ3) is 2.89. The maximum atomic E-state index is 12.2. The summed E-state index contributed by atoms with van der Waals surface area (Å²) in [4.78, 5) is 0.257. The molecular formula is C18H17ClNO2S. The van der Waals surface area contributed by atoms with E-state index in [0.717, 1.165) is 11.1 Å². The lowest BCUT2D eigenvalue weighted by molar-refractivity contribution is 0.594. The molecule has 3 nitrogen and oxygen atoms in total. The standard InChI is InChI=1S/C18H17ClNO2S/c1-3-15(13-8-5-4-6-9-13)20-12-17(23(2,21)22)18-14(19)10-7-11-16(18)20/h4-12,15H,1,3H2,2H3. The van der Waals surface area contributed by atoms with Crippen molar-refractivity contribution in [3.8, 4) is 0 Å². The highest BCUT2D eigenvalue weighted by molar-refractivity contribution is 7.91. The van der Waals surface area contributed by atoms with Crippen molar-refractivity contribution in [3.63, 3.8) is 0 Å². The topological polar surface area (TPSA) is 39.1 Å². The van der Waals surface area contributed by atoms with E-state index < -0.39 is 9.84 Å². The van der Waals surface area contributed by atoms with Crippen molar-refractivity contribution in [3.05, 3.63) is 72.2 Å². The molecule has 5 heteroatoms. The van der Waals surface area contributed by atoms with Crippen LogP contribution in [0.5, 0.6) is 0 Å². The largest absolute Gasteiger partial charge is 0.339 e. The van der Waals surface area contributed by atoms with E-state index >= 15 is 0 Å². The van der Waals surface area contributed by atoms with E-state index in [1.807, 2.05) is 47.0 Å². The Kier molecular flexibility index (Phi) is 4.21. The lowest BCUT2D eigenvalue weighted by Crippen LogP contribution is -2.08. The fraction of sp³-hybridized carbons (Fsp3) is 0.167. The summed E-state index contributed by atoms with van der Waals surface area (Å²) in [7, 11) is -3.38. The Morgan fingerprint density at radius 2 is 1.83 bits per heavy atom. The molecule has 0 amide bonds. The van der Waals surface area contributed by atoms with Gasteiger partial charge < -0.3 is 4.57 Å². The van der Waals surface area contributed by atoms with Gasteiger partial charge in [-0.1, -0.05) is 54.9 Å². The molecule has 3 rings (SSSR count). The number of sulfone groups is 1. The predicted molar refractivity (Wildman–Crippen MR) is 94.6 cm³/mol. The van der Waals surface area contributed by atoms with Gasteiger partial charge in [0.05, 0.1) is 21.5 Å². The molecule has 0 spiro atoms. The highest BCUT2D eigenvalue weighted by Crippen LogP contribution is 2.35. The van der Waals surface area contributed by atoms with Gasteiger partial charge in [0.2, 0.25) is 0 Å². The van der Waals surface area contributed by atoms with Crippen LogP contribution in [0.25, 0.3) is 10.9 Å². The second-order valence-corrected chi connectivity index (χ2v) is 7.91. The van der Waals surface area contributed by atoms with E-state index in [2.05, 4.69) is 6.92 Å². The average Bonchev–Trinajstić information content (AvgIpc) is 2.91. The first-order valence-electron chi connectivity index (χ1n) is 7.26. The van der Waals surface area contributed by atoms with Crippen LogP contribution in [-0.4, -0.2) is 19.2 Å². The minimum atomic E-state index is -3.38. The summed E-state index contributed by atoms with van der Waals surface area (Å²) in [6.45, 7) is 4.04. The third-order valence-corrected chi connectivity index (χ3v) is 5.39. The molecule has 1 radical (unpaired) electrons. The second-order valence-electron chi connectivity index (χ2n) is 5.52. The maximum absolute atomic E-state index is 12.2.